The number of sulfonamides is 7. The number of rotatable bonds is 19. The molecule has 7 N–H and O–H groups in total. The third kappa shape index (κ3) is 38.3. The Balaban J connectivity index is 0. The van der Waals surface area contributed by atoms with E-state index >= 15 is 0 Å². The first-order valence-electron chi connectivity index (χ1n) is 26.8. The van der Waals surface area contributed by atoms with Crippen LogP contribution < -0.4 is 33.1 Å². The average Bonchev–Trinajstić information content (AvgIpc) is 3.53. The molecule has 0 aliphatic carbocycles. The second-order valence-corrected chi connectivity index (χ2v) is 34.5. The molecule has 1 heterocycles. The Morgan fingerprint density at radius 2 is 0.565 bits per heavy atom. The van der Waals surface area contributed by atoms with Crippen LogP contribution in [0.15, 0.2) is 164 Å². The lowest BCUT2D eigenvalue weighted by Gasteiger charge is -2.21. The van der Waals surface area contributed by atoms with Crippen LogP contribution in [0.5, 0.6) is 0 Å². The number of aromatic nitrogens is 1. The summed E-state index contributed by atoms with van der Waals surface area (Å²) in [6, 6.07) is 36.1. The molecule has 5 rings (SSSR count). The fraction of sp³-hybridized carbons (Fsp3) is 0.482. The normalized spacial score (nSPS) is 12.3. The number of pyridine rings is 1. The number of nitrogens with zero attached hydrogens (tertiary/aromatic N) is 1. The van der Waals surface area contributed by atoms with Crippen LogP contribution in [0.3, 0.4) is 0 Å². The molecule has 0 aliphatic rings. The van der Waals surface area contributed by atoms with Crippen LogP contribution in [0.25, 0.3) is 0 Å². The van der Waals surface area contributed by atoms with Gasteiger partial charge in [0.05, 0.1) is 30.6 Å². The van der Waals surface area contributed by atoms with Gasteiger partial charge >= 0.3 is 0 Å². The fourth-order valence-electron chi connectivity index (χ4n) is 5.82. The second-order valence-electron chi connectivity index (χ2n) is 21.7. The van der Waals surface area contributed by atoms with E-state index < -0.39 is 74.9 Å². The van der Waals surface area contributed by atoms with E-state index in [1.54, 1.807) is 231 Å². The van der Waals surface area contributed by atoms with E-state index in [9.17, 15) is 58.9 Å². The molecule has 0 atom stereocenters. The van der Waals surface area contributed by atoms with Crippen molar-refractivity contribution >= 4 is 70.2 Å². The van der Waals surface area contributed by atoms with Crippen LogP contribution in [-0.4, -0.2) is 117 Å². The zero-order chi connectivity index (χ0) is 66.4. The fourth-order valence-corrected chi connectivity index (χ4v) is 13.9. The summed E-state index contributed by atoms with van der Waals surface area (Å²) < 4.78 is 175. The van der Waals surface area contributed by atoms with Gasteiger partial charge in [-0.25, -0.2) is 97.0 Å². The minimum absolute atomic E-state index is 0.00463. The van der Waals surface area contributed by atoms with Crippen molar-refractivity contribution in [1.29, 1.82) is 0 Å². The van der Waals surface area contributed by atoms with Gasteiger partial charge in [0.15, 0.2) is 5.03 Å². The van der Waals surface area contributed by atoms with E-state index in [0.717, 1.165) is 11.8 Å². The van der Waals surface area contributed by atoms with Crippen LogP contribution in [0.1, 0.15) is 123 Å². The first-order valence-corrected chi connectivity index (χ1v) is 37.6. The molecule has 0 fully saturated rings. The summed E-state index contributed by atoms with van der Waals surface area (Å²) in [6.07, 6.45) is 2.60. The molecular formula is C56H94N8O14S7. The summed E-state index contributed by atoms with van der Waals surface area (Å²) in [6.45, 7) is 32.0. The van der Waals surface area contributed by atoms with Crippen LogP contribution in [0.4, 0.5) is 0 Å². The molecule has 4 aromatic carbocycles. The van der Waals surface area contributed by atoms with Crippen LogP contribution in [0, 0.1) is 6.92 Å². The van der Waals surface area contributed by atoms with Crippen molar-refractivity contribution in [3.8, 4) is 0 Å². The molecular weight excluding hydrogens is 1230 g/mol. The van der Waals surface area contributed by atoms with Gasteiger partial charge in [0.25, 0.3) is 10.0 Å². The SMILES string of the molecule is CC(C)NS(=O)(=O)C(C)(C)C.CC(C)NS(=O)(=O)c1ccccc1.CC(C)NS(=O)(=O)c1ccccc1.CC(C)NS(=O)(=O)c1ccccc1.CC(C)NS(=O)(=O)c1ccccn1.CC(C)NS(C)(=O)=O.Cc1ccc(S(=O)(=O)NC(C)C)cc1. The number of aryl methyl sites for hydroxylation is 1. The standard InChI is InChI=1S/C10H15NO2S.3C9H13NO2S.C8H12N2O2S.C7H17NO2S.C4H11NO2S/c1-8(2)11-14(12,13)10-6-4-9(3)5-7-10;3*1-8(2)10-13(11,12)9-6-4-3-5-7-9;1-7(2)10-13(11,12)8-5-3-4-6-9-8;1-6(2)8-11(9,10)7(3,4)5;1-4(2)5-8(3,6)7/h4-8,11H,1-3H3;3*3-8,10H,1-2H3;3-7,10H,1-2H3;6,8H,1-5H3;4-5H,1-3H3. The Labute approximate surface area is 511 Å². The van der Waals surface area contributed by atoms with E-state index in [2.05, 4.69) is 38.0 Å². The van der Waals surface area contributed by atoms with Crippen LogP contribution in [-0.2, 0) is 70.2 Å². The first kappa shape index (κ1) is 82.5. The van der Waals surface area contributed by atoms with Crippen molar-refractivity contribution in [2.45, 2.75) is 196 Å². The van der Waals surface area contributed by atoms with E-state index in [1.807, 2.05) is 20.8 Å². The van der Waals surface area contributed by atoms with Gasteiger partial charge in [0.2, 0.25) is 60.1 Å². The summed E-state index contributed by atoms with van der Waals surface area (Å²) in [5, 5.41) is 0.0590. The maximum absolute atomic E-state index is 11.6. The average molecular weight is 1330 g/mol. The Morgan fingerprint density at radius 1 is 0.318 bits per heavy atom. The van der Waals surface area contributed by atoms with Crippen molar-refractivity contribution in [1.82, 2.24) is 38.0 Å². The zero-order valence-corrected chi connectivity index (χ0v) is 58.1. The van der Waals surface area contributed by atoms with E-state index in [1.165, 1.54) is 12.3 Å². The Bertz CT molecular complexity index is 3180. The number of hydrogen-bond acceptors (Lipinski definition) is 15. The highest BCUT2D eigenvalue weighted by Crippen LogP contribution is 2.14. The van der Waals surface area contributed by atoms with Crippen molar-refractivity contribution in [3.05, 3.63) is 145 Å². The lowest BCUT2D eigenvalue weighted by Crippen LogP contribution is -2.42. The Kier molecular flexibility index (Phi) is 36.8. The third-order valence-electron chi connectivity index (χ3n) is 9.01. The maximum Gasteiger partial charge on any atom is 0.258 e. The number of nitrogens with one attached hydrogen (secondary N) is 7. The van der Waals surface area contributed by atoms with Crippen molar-refractivity contribution in [2.75, 3.05) is 6.26 Å². The van der Waals surface area contributed by atoms with Gasteiger partial charge in [0.1, 0.15) is 0 Å². The molecule has 0 bridgehead atoms. The molecule has 85 heavy (non-hydrogen) atoms. The van der Waals surface area contributed by atoms with Gasteiger partial charge < -0.3 is 0 Å². The first-order chi connectivity index (χ1) is 38.6. The predicted molar refractivity (Wildman–Crippen MR) is 342 cm³/mol. The van der Waals surface area contributed by atoms with E-state index in [4.69, 9.17) is 0 Å². The van der Waals surface area contributed by atoms with Gasteiger partial charge in [-0.2, -0.15) is 0 Å². The number of hydrogen-bond donors (Lipinski definition) is 7. The summed E-state index contributed by atoms with van der Waals surface area (Å²) in [7, 11) is -22.8. The zero-order valence-electron chi connectivity index (χ0n) is 52.3. The van der Waals surface area contributed by atoms with Gasteiger partial charge in [-0.15, -0.1) is 0 Å². The van der Waals surface area contributed by atoms with Crippen molar-refractivity contribution in [2.24, 2.45) is 0 Å². The monoisotopic (exact) mass is 1330 g/mol. The molecule has 0 saturated carbocycles. The van der Waals surface area contributed by atoms with Gasteiger partial charge in [-0.3, -0.25) is 0 Å². The summed E-state index contributed by atoms with van der Waals surface area (Å²) >= 11 is 0. The minimum atomic E-state index is -3.42. The molecule has 0 aliphatic heterocycles. The van der Waals surface area contributed by atoms with Crippen molar-refractivity contribution < 1.29 is 58.9 Å². The van der Waals surface area contributed by atoms with Gasteiger partial charge in [0, 0.05) is 48.5 Å². The molecule has 5 aromatic rings. The third-order valence-corrected chi connectivity index (χ3v) is 20.6. The van der Waals surface area contributed by atoms with E-state index in [0.29, 0.717) is 19.6 Å². The van der Waals surface area contributed by atoms with Crippen molar-refractivity contribution in [3.63, 3.8) is 0 Å². The molecule has 0 saturated heterocycles. The molecule has 22 nitrogen and oxygen atoms in total. The molecule has 0 spiro atoms. The molecule has 484 valence electrons. The Hall–Kier alpha value is -4.60. The molecule has 0 radical (unpaired) electrons. The Morgan fingerprint density at radius 3 is 0.765 bits per heavy atom. The highest BCUT2D eigenvalue weighted by Gasteiger charge is 2.29. The topological polar surface area (TPSA) is 336 Å². The predicted octanol–water partition coefficient (Wildman–Crippen LogP) is 7.63. The van der Waals surface area contributed by atoms with Gasteiger partial charge in [-0.05, 0) is 185 Å². The largest absolute Gasteiger partial charge is 0.258 e. The lowest BCUT2D eigenvalue weighted by molar-refractivity contribution is 0.534. The lowest BCUT2D eigenvalue weighted by atomic mass is 10.2. The minimum Gasteiger partial charge on any atom is -0.243 e. The molecule has 0 amide bonds. The van der Waals surface area contributed by atoms with E-state index in [-0.39, 0.29) is 47.3 Å². The van der Waals surface area contributed by atoms with Crippen LogP contribution in [0.2, 0.25) is 0 Å². The van der Waals surface area contributed by atoms with Gasteiger partial charge in [-0.1, -0.05) is 78.4 Å². The molecule has 29 heteroatoms. The molecule has 0 unspecified atom stereocenters. The molecule has 1 aromatic heterocycles. The summed E-state index contributed by atoms with van der Waals surface area (Å²) in [5.74, 6) is 0. The highest BCUT2D eigenvalue weighted by molar-refractivity contribution is 7.91. The summed E-state index contributed by atoms with van der Waals surface area (Å²) in [5.41, 5.74) is 1.05. The second kappa shape index (κ2) is 38.0. The van der Waals surface area contributed by atoms with Crippen LogP contribution >= 0.6 is 0 Å². The number of benzene rings is 4. The highest BCUT2D eigenvalue weighted by atomic mass is 32.2. The maximum atomic E-state index is 11.6. The quantitative estimate of drug-likeness (QED) is 0.0418. The smallest absolute Gasteiger partial charge is 0.243 e. The summed E-state index contributed by atoms with van der Waals surface area (Å²) in [4.78, 5) is 5.00.